The molecule has 0 heterocycles. The highest BCUT2D eigenvalue weighted by molar-refractivity contribution is 5.95. The molecule has 2 heteroatoms. The Morgan fingerprint density at radius 1 is 1.44 bits per heavy atom. The molecule has 0 aromatic carbocycles. The van der Waals surface area contributed by atoms with Crippen molar-refractivity contribution in [2.75, 3.05) is 0 Å². The third kappa shape index (κ3) is 4.27. The van der Waals surface area contributed by atoms with Gasteiger partial charge in [-0.15, -0.1) is 0 Å². The average molecular weight is 217 g/mol. The van der Waals surface area contributed by atoms with Crippen LogP contribution < -0.4 is 0 Å². The van der Waals surface area contributed by atoms with Gasteiger partial charge in [0.15, 0.2) is 5.78 Å². The second-order valence-electron chi connectivity index (χ2n) is 3.59. The predicted molar refractivity (Wildman–Crippen MR) is 66.8 cm³/mol. The summed E-state index contributed by atoms with van der Waals surface area (Å²) < 4.78 is 0. The fourth-order valence-corrected chi connectivity index (χ4v) is 1.43. The maximum atomic E-state index is 11.4. The second kappa shape index (κ2) is 7.64. The predicted octanol–water partition coefficient (Wildman–Crippen LogP) is 3.72. The van der Waals surface area contributed by atoms with Gasteiger partial charge >= 0.3 is 0 Å². The number of nitrogens with zero attached hydrogens (tertiary/aromatic N) is 1. The maximum Gasteiger partial charge on any atom is 0.157 e. The zero-order valence-corrected chi connectivity index (χ0v) is 10.3. The number of Topliss-reactive ketones (excluding diaryl/α,β-unsaturated/α-hetero) is 1. The van der Waals surface area contributed by atoms with Gasteiger partial charge in [-0.2, -0.15) is 5.26 Å². The first-order valence-electron chi connectivity index (χ1n) is 5.57. The van der Waals surface area contributed by atoms with Crippen LogP contribution in [-0.4, -0.2) is 5.78 Å². The largest absolute Gasteiger partial charge is 0.295 e. The highest BCUT2D eigenvalue weighted by atomic mass is 16.1. The van der Waals surface area contributed by atoms with Crippen molar-refractivity contribution in [2.45, 2.75) is 40.0 Å². The van der Waals surface area contributed by atoms with Gasteiger partial charge in [-0.25, -0.2) is 0 Å². The Morgan fingerprint density at radius 2 is 2.06 bits per heavy atom. The molecule has 2 nitrogen and oxygen atoms in total. The van der Waals surface area contributed by atoms with Crippen LogP contribution in [0.4, 0.5) is 0 Å². The van der Waals surface area contributed by atoms with Gasteiger partial charge in [-0.3, -0.25) is 4.79 Å². The fraction of sp³-hybridized carbons (Fsp3) is 0.429. The Kier molecular flexibility index (Phi) is 6.87. The summed E-state index contributed by atoms with van der Waals surface area (Å²) in [6.07, 6.45) is 5.82. The summed E-state index contributed by atoms with van der Waals surface area (Å²) in [6.45, 7) is 9.19. The molecule has 0 unspecified atom stereocenters. The zero-order chi connectivity index (χ0) is 12.6. The first kappa shape index (κ1) is 14.4. The second-order valence-corrected chi connectivity index (χ2v) is 3.59. The van der Waals surface area contributed by atoms with Gasteiger partial charge in [0.25, 0.3) is 0 Å². The number of rotatable bonds is 6. The minimum absolute atomic E-state index is 0.0193. The molecule has 0 fully saturated rings. The monoisotopic (exact) mass is 217 g/mol. The van der Waals surface area contributed by atoms with Crippen molar-refractivity contribution in [2.24, 2.45) is 0 Å². The van der Waals surface area contributed by atoms with Crippen molar-refractivity contribution in [3.63, 3.8) is 0 Å². The van der Waals surface area contributed by atoms with E-state index in [2.05, 4.69) is 12.6 Å². The molecule has 0 spiro atoms. The number of carbonyl (C=O) groups excluding carboxylic acids is 1. The van der Waals surface area contributed by atoms with Crippen LogP contribution in [0.5, 0.6) is 0 Å². The molecule has 86 valence electrons. The van der Waals surface area contributed by atoms with Crippen LogP contribution in [0.3, 0.4) is 0 Å². The molecule has 0 amide bonds. The van der Waals surface area contributed by atoms with Crippen LogP contribution in [-0.2, 0) is 4.79 Å². The van der Waals surface area contributed by atoms with Gasteiger partial charge in [0.1, 0.15) is 0 Å². The lowest BCUT2D eigenvalue weighted by Gasteiger charge is -2.04. The third-order valence-corrected chi connectivity index (χ3v) is 2.37. The number of hydrogen-bond acceptors (Lipinski definition) is 2. The van der Waals surface area contributed by atoms with Gasteiger partial charge in [-0.1, -0.05) is 32.9 Å². The summed E-state index contributed by atoms with van der Waals surface area (Å²) in [5, 5.41) is 9.07. The molecule has 0 saturated carbocycles. The smallest absolute Gasteiger partial charge is 0.157 e. The molecule has 0 bridgehead atoms. The summed E-state index contributed by atoms with van der Waals surface area (Å²) in [5.41, 5.74) is 2.08. The van der Waals surface area contributed by atoms with Gasteiger partial charge in [0.2, 0.25) is 0 Å². The molecule has 0 aliphatic rings. The minimum atomic E-state index is -0.0193. The van der Waals surface area contributed by atoms with Crippen molar-refractivity contribution in [1.82, 2.24) is 0 Å². The summed E-state index contributed by atoms with van der Waals surface area (Å²) >= 11 is 0. The van der Waals surface area contributed by atoms with Crippen LogP contribution in [0.25, 0.3) is 0 Å². The summed E-state index contributed by atoms with van der Waals surface area (Å²) in [4.78, 5) is 11.4. The number of allylic oxidation sites excluding steroid dienone is 5. The van der Waals surface area contributed by atoms with Crippen LogP contribution >= 0.6 is 0 Å². The van der Waals surface area contributed by atoms with Gasteiger partial charge in [0.05, 0.1) is 11.6 Å². The third-order valence-electron chi connectivity index (χ3n) is 2.37. The summed E-state index contributed by atoms with van der Waals surface area (Å²) in [6, 6.07) is 2.10. The molecule has 0 rings (SSSR count). The molecule has 0 aromatic heterocycles. The van der Waals surface area contributed by atoms with E-state index in [1.54, 1.807) is 12.2 Å². The lowest BCUT2D eigenvalue weighted by molar-refractivity contribution is -0.113. The van der Waals surface area contributed by atoms with E-state index in [1.165, 1.54) is 6.92 Å². The lowest BCUT2D eigenvalue weighted by Crippen LogP contribution is -2.00. The topological polar surface area (TPSA) is 40.9 Å². The molecule has 0 N–H and O–H groups in total. The number of ketones is 1. The lowest BCUT2D eigenvalue weighted by atomic mass is 9.98. The van der Waals surface area contributed by atoms with Crippen LogP contribution in [0.1, 0.15) is 40.0 Å². The Morgan fingerprint density at radius 3 is 2.38 bits per heavy atom. The van der Waals surface area contributed by atoms with Crippen molar-refractivity contribution in [3.05, 3.63) is 35.5 Å². The van der Waals surface area contributed by atoms with E-state index < -0.39 is 0 Å². The van der Waals surface area contributed by atoms with E-state index in [0.717, 1.165) is 18.4 Å². The van der Waals surface area contributed by atoms with Crippen molar-refractivity contribution in [3.8, 4) is 6.07 Å². The zero-order valence-electron chi connectivity index (χ0n) is 10.3. The number of carbonyl (C=O) groups is 1. The highest BCUT2D eigenvalue weighted by Crippen LogP contribution is 2.16. The molecular weight excluding hydrogens is 198 g/mol. The van der Waals surface area contributed by atoms with E-state index in [0.29, 0.717) is 17.6 Å². The number of nitriles is 1. The quantitative estimate of drug-likeness (QED) is 0.386. The van der Waals surface area contributed by atoms with Crippen LogP contribution in [0.2, 0.25) is 0 Å². The first-order valence-corrected chi connectivity index (χ1v) is 5.57. The fourth-order valence-electron chi connectivity index (χ4n) is 1.43. The molecular formula is C14H19NO. The van der Waals surface area contributed by atoms with Gasteiger partial charge in [-0.05, 0) is 31.4 Å². The summed E-state index contributed by atoms with van der Waals surface area (Å²) in [5.74, 6) is -0.0193. The highest BCUT2D eigenvalue weighted by Gasteiger charge is 2.09. The summed E-state index contributed by atoms with van der Waals surface area (Å²) in [7, 11) is 0. The number of hydrogen-bond donors (Lipinski definition) is 0. The van der Waals surface area contributed by atoms with E-state index in [-0.39, 0.29) is 5.78 Å². The minimum Gasteiger partial charge on any atom is -0.295 e. The standard InChI is InChI=1S/C14H19NO/c1-5-8-14(11(4)16)13(10-15)9-12(6-2)7-3/h6,9H,2,5,7-8H2,1,3-4H3/b12-9+,14-13-. The van der Waals surface area contributed by atoms with E-state index in [4.69, 9.17) is 5.26 Å². The van der Waals surface area contributed by atoms with Crippen molar-refractivity contribution in [1.29, 1.82) is 5.26 Å². The van der Waals surface area contributed by atoms with Crippen LogP contribution in [0.15, 0.2) is 35.5 Å². The molecule has 16 heavy (non-hydrogen) atoms. The molecule has 0 aliphatic carbocycles. The maximum absolute atomic E-state index is 11.4. The Balaban J connectivity index is 5.43. The molecule has 0 aromatic rings. The van der Waals surface area contributed by atoms with Gasteiger partial charge < -0.3 is 0 Å². The Bertz CT molecular complexity index is 367. The SMILES string of the molecule is C=C/C(=C\C(C#N)=C(/CCC)C(C)=O)CC. The van der Waals surface area contributed by atoms with Crippen molar-refractivity contribution >= 4 is 5.78 Å². The normalized spacial score (nSPS) is 12.8. The molecule has 0 radical (unpaired) electrons. The first-order chi connectivity index (χ1) is 7.60. The Hall–Kier alpha value is -1.62. The van der Waals surface area contributed by atoms with Crippen molar-refractivity contribution < 1.29 is 4.79 Å². The van der Waals surface area contributed by atoms with E-state index in [1.807, 2.05) is 13.8 Å². The molecule has 0 aliphatic heterocycles. The molecule has 0 saturated heterocycles. The van der Waals surface area contributed by atoms with Crippen LogP contribution in [0, 0.1) is 11.3 Å². The van der Waals surface area contributed by atoms with E-state index in [9.17, 15) is 4.79 Å². The molecule has 0 atom stereocenters. The average Bonchev–Trinajstić information content (AvgIpc) is 2.28. The Labute approximate surface area is 98.0 Å². The van der Waals surface area contributed by atoms with E-state index >= 15 is 0 Å². The van der Waals surface area contributed by atoms with Gasteiger partial charge in [0, 0.05) is 5.57 Å².